The lowest BCUT2D eigenvalue weighted by Gasteiger charge is -2.43. The van der Waals surface area contributed by atoms with E-state index < -0.39 is 0 Å². The van der Waals surface area contributed by atoms with E-state index in [1.807, 2.05) is 27.1 Å². The Bertz CT molecular complexity index is 453. The van der Waals surface area contributed by atoms with E-state index >= 15 is 0 Å². The Hall–Kier alpha value is -1.13. The van der Waals surface area contributed by atoms with Gasteiger partial charge in [-0.3, -0.25) is 4.98 Å². The molecule has 2 rings (SSSR count). The van der Waals surface area contributed by atoms with Crippen LogP contribution in [0.15, 0.2) is 18.5 Å². The molecule has 1 unspecified atom stereocenters. The van der Waals surface area contributed by atoms with Crippen LogP contribution in [-0.2, 0) is 0 Å². The molecule has 1 aromatic heterocycles. The highest BCUT2D eigenvalue weighted by Gasteiger charge is 2.43. The quantitative estimate of drug-likeness (QED) is 0.874. The molecule has 0 aliphatic heterocycles. The highest BCUT2D eigenvalue weighted by Crippen LogP contribution is 2.43. The summed E-state index contributed by atoms with van der Waals surface area (Å²) < 4.78 is 5.80. The van der Waals surface area contributed by atoms with Crippen molar-refractivity contribution in [1.29, 1.82) is 0 Å². The monoisotopic (exact) mass is 291 g/mol. The molecule has 0 spiro atoms. The number of pyridine rings is 1. The second kappa shape index (κ2) is 6.75. The van der Waals surface area contributed by atoms with Crippen LogP contribution in [0.25, 0.3) is 0 Å². The third-order valence-corrected chi connectivity index (χ3v) is 4.63. The Morgan fingerprint density at radius 3 is 2.43 bits per heavy atom. The fraction of sp³-hybridized carbons (Fsp3) is 0.706. The lowest BCUT2D eigenvalue weighted by atomic mass is 9.83. The van der Waals surface area contributed by atoms with Crippen molar-refractivity contribution in [3.8, 4) is 5.75 Å². The van der Waals surface area contributed by atoms with E-state index in [1.165, 1.54) is 31.2 Å². The van der Waals surface area contributed by atoms with Crippen molar-refractivity contribution in [3.63, 3.8) is 0 Å². The van der Waals surface area contributed by atoms with Gasteiger partial charge in [-0.05, 0) is 59.5 Å². The molecular formula is C17H29N3O. The van der Waals surface area contributed by atoms with Crippen molar-refractivity contribution in [3.05, 3.63) is 24.0 Å². The molecule has 0 saturated heterocycles. The standard InChI is InChI=1S/C17H29N3O/c1-13(2)21-15-10-14(11-19-12-15)16(18-3)17(20(4)5)8-6-7-9-17/h10-13,16,18H,6-9H2,1-5H3. The van der Waals surface area contributed by atoms with Crippen LogP contribution in [0.2, 0.25) is 0 Å². The lowest BCUT2D eigenvalue weighted by molar-refractivity contribution is 0.108. The van der Waals surface area contributed by atoms with Crippen LogP contribution in [-0.4, -0.2) is 42.7 Å². The Morgan fingerprint density at radius 1 is 1.24 bits per heavy atom. The van der Waals surface area contributed by atoms with Gasteiger partial charge in [0.1, 0.15) is 5.75 Å². The molecule has 0 bridgehead atoms. The highest BCUT2D eigenvalue weighted by molar-refractivity contribution is 5.29. The summed E-state index contributed by atoms with van der Waals surface area (Å²) in [6.45, 7) is 4.08. The predicted molar refractivity (Wildman–Crippen MR) is 86.7 cm³/mol. The first-order chi connectivity index (χ1) is 9.99. The van der Waals surface area contributed by atoms with Gasteiger partial charge in [-0.1, -0.05) is 12.8 Å². The Kier molecular flexibility index (Phi) is 5.22. The summed E-state index contributed by atoms with van der Waals surface area (Å²) in [4.78, 5) is 6.77. The third kappa shape index (κ3) is 3.38. The SMILES string of the molecule is CNC(c1cncc(OC(C)C)c1)C1(N(C)C)CCCC1. The molecule has 1 aliphatic rings. The predicted octanol–water partition coefficient (Wildman–Crippen LogP) is 3.00. The van der Waals surface area contributed by atoms with Crippen molar-refractivity contribution in [2.24, 2.45) is 0 Å². The van der Waals surface area contributed by atoms with Crippen LogP contribution in [0, 0.1) is 0 Å². The molecule has 1 aromatic rings. The van der Waals surface area contributed by atoms with Crippen molar-refractivity contribution in [2.45, 2.75) is 57.2 Å². The number of rotatable bonds is 6. The summed E-state index contributed by atoms with van der Waals surface area (Å²) >= 11 is 0. The van der Waals surface area contributed by atoms with Gasteiger partial charge >= 0.3 is 0 Å². The molecular weight excluding hydrogens is 262 g/mol. The van der Waals surface area contributed by atoms with Gasteiger partial charge in [0, 0.05) is 11.7 Å². The summed E-state index contributed by atoms with van der Waals surface area (Å²) in [6.07, 6.45) is 8.98. The molecule has 1 atom stereocenters. The van der Waals surface area contributed by atoms with E-state index in [0.29, 0.717) is 0 Å². The normalized spacial score (nSPS) is 19.2. The number of hydrogen-bond acceptors (Lipinski definition) is 4. The first-order valence-corrected chi connectivity index (χ1v) is 7.96. The van der Waals surface area contributed by atoms with E-state index in [4.69, 9.17) is 4.74 Å². The minimum Gasteiger partial charge on any atom is -0.489 e. The molecule has 1 fully saturated rings. The second-order valence-electron chi connectivity index (χ2n) is 6.55. The molecule has 1 heterocycles. The van der Waals surface area contributed by atoms with Gasteiger partial charge in [0.15, 0.2) is 0 Å². The summed E-state index contributed by atoms with van der Waals surface area (Å²) in [5.41, 5.74) is 1.39. The zero-order valence-electron chi connectivity index (χ0n) is 14.0. The number of nitrogens with one attached hydrogen (secondary N) is 1. The van der Waals surface area contributed by atoms with Gasteiger partial charge in [-0.25, -0.2) is 0 Å². The minimum absolute atomic E-state index is 0.171. The molecule has 4 heteroatoms. The van der Waals surface area contributed by atoms with E-state index in [9.17, 15) is 0 Å². The first kappa shape index (κ1) is 16.2. The number of hydrogen-bond donors (Lipinski definition) is 1. The fourth-order valence-corrected chi connectivity index (χ4v) is 3.66. The molecule has 21 heavy (non-hydrogen) atoms. The number of ether oxygens (including phenoxy) is 1. The molecule has 1 saturated carbocycles. The summed E-state index contributed by atoms with van der Waals surface area (Å²) in [5.74, 6) is 0.856. The van der Waals surface area contributed by atoms with Gasteiger partial charge in [-0.15, -0.1) is 0 Å². The number of nitrogens with zero attached hydrogens (tertiary/aromatic N) is 2. The van der Waals surface area contributed by atoms with E-state index in [-0.39, 0.29) is 17.7 Å². The second-order valence-corrected chi connectivity index (χ2v) is 6.55. The van der Waals surface area contributed by atoms with Gasteiger partial charge in [0.25, 0.3) is 0 Å². The van der Waals surface area contributed by atoms with Crippen molar-refractivity contribution in [1.82, 2.24) is 15.2 Å². The summed E-state index contributed by atoms with van der Waals surface area (Å²) in [6, 6.07) is 2.41. The Morgan fingerprint density at radius 2 is 1.90 bits per heavy atom. The van der Waals surface area contributed by atoms with Gasteiger partial charge in [0.05, 0.1) is 18.3 Å². The molecule has 0 radical (unpaired) electrons. The maximum atomic E-state index is 5.80. The molecule has 0 amide bonds. The van der Waals surface area contributed by atoms with Gasteiger partial charge in [0.2, 0.25) is 0 Å². The zero-order chi connectivity index (χ0) is 15.5. The van der Waals surface area contributed by atoms with Gasteiger partial charge < -0.3 is 15.0 Å². The highest BCUT2D eigenvalue weighted by atomic mass is 16.5. The van der Waals surface area contributed by atoms with Crippen molar-refractivity contribution < 1.29 is 4.74 Å². The molecule has 1 aliphatic carbocycles. The van der Waals surface area contributed by atoms with Crippen LogP contribution in [0.4, 0.5) is 0 Å². The van der Waals surface area contributed by atoms with E-state index in [0.717, 1.165) is 5.75 Å². The molecule has 0 aromatic carbocycles. The molecule has 1 N–H and O–H groups in total. The minimum atomic E-state index is 0.171. The van der Waals surface area contributed by atoms with Crippen LogP contribution in [0.1, 0.15) is 51.1 Å². The smallest absolute Gasteiger partial charge is 0.138 e. The first-order valence-electron chi connectivity index (χ1n) is 7.96. The third-order valence-electron chi connectivity index (χ3n) is 4.63. The number of likely N-dealkylation sites (N-methyl/N-ethyl adjacent to an activating group) is 2. The Labute approximate surface area is 128 Å². The molecule has 4 nitrogen and oxygen atoms in total. The summed E-state index contributed by atoms with van der Waals surface area (Å²) in [7, 11) is 6.43. The topological polar surface area (TPSA) is 37.4 Å². The van der Waals surface area contributed by atoms with Crippen LogP contribution < -0.4 is 10.1 Å². The van der Waals surface area contributed by atoms with Crippen LogP contribution in [0.3, 0.4) is 0 Å². The van der Waals surface area contributed by atoms with Crippen molar-refractivity contribution >= 4 is 0 Å². The lowest BCUT2D eigenvalue weighted by Crippen LogP contribution is -2.51. The van der Waals surface area contributed by atoms with Gasteiger partial charge in [-0.2, -0.15) is 0 Å². The van der Waals surface area contributed by atoms with Crippen molar-refractivity contribution in [2.75, 3.05) is 21.1 Å². The average Bonchev–Trinajstić information content (AvgIpc) is 2.90. The maximum Gasteiger partial charge on any atom is 0.138 e. The summed E-state index contributed by atoms with van der Waals surface area (Å²) in [5, 5.41) is 3.53. The number of aromatic nitrogens is 1. The van der Waals surface area contributed by atoms with E-state index in [2.05, 4.69) is 35.4 Å². The zero-order valence-corrected chi connectivity index (χ0v) is 14.0. The fourth-order valence-electron chi connectivity index (χ4n) is 3.66. The maximum absolute atomic E-state index is 5.80. The molecule has 118 valence electrons. The largest absolute Gasteiger partial charge is 0.489 e. The van der Waals surface area contributed by atoms with E-state index in [1.54, 1.807) is 6.20 Å². The van der Waals surface area contributed by atoms with Crippen LogP contribution in [0.5, 0.6) is 5.75 Å². The van der Waals surface area contributed by atoms with Crippen LogP contribution >= 0.6 is 0 Å². The average molecular weight is 291 g/mol. The Balaban J connectivity index is 2.32.